The molecule has 0 aromatic heterocycles. The minimum atomic E-state index is 0.632. The molecule has 0 amide bonds. The van der Waals surface area contributed by atoms with E-state index in [2.05, 4.69) is 35.6 Å². The molecule has 0 N–H and O–H groups in total. The van der Waals surface area contributed by atoms with Crippen LogP contribution in [0.1, 0.15) is 122 Å². The number of hydrogen-bond donors (Lipinski definition) is 0. The van der Waals surface area contributed by atoms with E-state index in [1.165, 1.54) is 89.9 Å². The van der Waals surface area contributed by atoms with Crippen molar-refractivity contribution in [2.24, 2.45) is 4.99 Å². The number of unbranched alkanes of at least 4 members (excludes halogenated alkanes) is 16. The van der Waals surface area contributed by atoms with Crippen LogP contribution in [-0.2, 0) is 4.79 Å². The van der Waals surface area contributed by atoms with Crippen LogP contribution in [-0.4, -0.2) is 12.6 Å². The lowest BCUT2D eigenvalue weighted by Gasteiger charge is -2.00. The maximum Gasteiger partial charge on any atom is 0.234 e. The smallest absolute Gasteiger partial charge is 0.211 e. The largest absolute Gasteiger partial charge is 0.234 e. The van der Waals surface area contributed by atoms with Crippen LogP contribution in [0.2, 0.25) is 0 Å². The molecule has 2 heteroatoms. The number of carbonyl (C=O) groups excluding carboxylic acids is 1. The lowest BCUT2D eigenvalue weighted by Crippen LogP contribution is -1.83. The number of isocyanates is 1. The third kappa shape index (κ3) is 24.5. The van der Waals surface area contributed by atoms with E-state index in [1.54, 1.807) is 6.08 Å². The van der Waals surface area contributed by atoms with Gasteiger partial charge in [-0.1, -0.05) is 102 Å². The first-order valence-electron chi connectivity index (χ1n) is 11.4. The minimum absolute atomic E-state index is 0.632. The van der Waals surface area contributed by atoms with Gasteiger partial charge in [-0.25, -0.2) is 9.79 Å². The Hall–Kier alpha value is -1.50. The van der Waals surface area contributed by atoms with E-state index in [-0.39, 0.29) is 0 Å². The first-order chi connectivity index (χ1) is 13.4. The second-order valence-corrected chi connectivity index (χ2v) is 7.38. The minimum Gasteiger partial charge on any atom is -0.211 e. The summed E-state index contributed by atoms with van der Waals surface area (Å²) in [5.41, 5.74) is 0. The van der Waals surface area contributed by atoms with Gasteiger partial charge in [0.15, 0.2) is 0 Å². The van der Waals surface area contributed by atoms with Crippen molar-refractivity contribution in [3.8, 4) is 23.7 Å². The second kappa shape index (κ2) is 24.5. The SMILES string of the molecule is CCCCCCCCCCCCC#CC#CCCCCCCCCN=C=O. The lowest BCUT2D eigenvalue weighted by molar-refractivity contribution is 0.558. The topological polar surface area (TPSA) is 29.4 Å². The summed E-state index contributed by atoms with van der Waals surface area (Å²) < 4.78 is 0. The van der Waals surface area contributed by atoms with Gasteiger partial charge >= 0.3 is 0 Å². The van der Waals surface area contributed by atoms with Gasteiger partial charge in [0.1, 0.15) is 0 Å². The maximum absolute atomic E-state index is 9.91. The van der Waals surface area contributed by atoms with Gasteiger partial charge in [-0.15, -0.1) is 0 Å². The standard InChI is InChI=1S/C25H41NO/c1-2-3-4-5-6-7-8-9-10-11-12-13-14-15-16-17-18-19-20-21-22-23-24-26-25-27/h2-12,17-24H2,1H3. The quantitative estimate of drug-likeness (QED) is 0.107. The fourth-order valence-corrected chi connectivity index (χ4v) is 3.07. The number of rotatable bonds is 18. The van der Waals surface area contributed by atoms with E-state index in [4.69, 9.17) is 0 Å². The monoisotopic (exact) mass is 371 g/mol. The van der Waals surface area contributed by atoms with Gasteiger partial charge in [0.2, 0.25) is 6.08 Å². The Labute approximate surface area is 169 Å². The molecule has 0 saturated heterocycles. The Morgan fingerprint density at radius 3 is 1.41 bits per heavy atom. The third-order valence-corrected chi connectivity index (χ3v) is 4.78. The molecule has 0 unspecified atom stereocenters. The van der Waals surface area contributed by atoms with Crippen LogP contribution in [0.15, 0.2) is 4.99 Å². The van der Waals surface area contributed by atoms with Crippen LogP contribution in [0.25, 0.3) is 0 Å². The summed E-state index contributed by atoms with van der Waals surface area (Å²) in [5, 5.41) is 0. The Morgan fingerprint density at radius 1 is 0.556 bits per heavy atom. The molecule has 0 saturated carbocycles. The molecule has 0 bridgehead atoms. The van der Waals surface area contributed by atoms with Gasteiger partial charge in [-0.2, -0.15) is 0 Å². The van der Waals surface area contributed by atoms with Gasteiger partial charge in [-0.05, 0) is 31.1 Å². The molecule has 0 atom stereocenters. The second-order valence-electron chi connectivity index (χ2n) is 7.38. The van der Waals surface area contributed by atoms with Crippen LogP contribution >= 0.6 is 0 Å². The fourth-order valence-electron chi connectivity index (χ4n) is 3.07. The van der Waals surface area contributed by atoms with Crippen LogP contribution in [0.4, 0.5) is 0 Å². The predicted molar refractivity (Wildman–Crippen MR) is 117 cm³/mol. The summed E-state index contributed by atoms with van der Waals surface area (Å²) in [6, 6.07) is 0. The van der Waals surface area contributed by atoms with Crippen molar-refractivity contribution in [1.82, 2.24) is 0 Å². The predicted octanol–water partition coefficient (Wildman–Crippen LogP) is 7.37. The summed E-state index contributed by atoms with van der Waals surface area (Å²) in [5.74, 6) is 12.3. The molecule has 2 nitrogen and oxygen atoms in total. The molecule has 27 heavy (non-hydrogen) atoms. The molecule has 0 spiro atoms. The normalized spacial score (nSPS) is 9.67. The molecule has 152 valence electrons. The Bertz CT molecular complexity index is 468. The zero-order chi connectivity index (χ0) is 19.7. The van der Waals surface area contributed by atoms with Crippen LogP contribution < -0.4 is 0 Å². The van der Waals surface area contributed by atoms with Gasteiger partial charge in [0, 0.05) is 12.8 Å². The van der Waals surface area contributed by atoms with Crippen LogP contribution in [0, 0.1) is 23.7 Å². The summed E-state index contributed by atoms with van der Waals surface area (Å²) in [7, 11) is 0. The Balaban J connectivity index is 3.24. The highest BCUT2D eigenvalue weighted by Gasteiger charge is 1.92. The van der Waals surface area contributed by atoms with E-state index < -0.39 is 0 Å². The van der Waals surface area contributed by atoms with Gasteiger partial charge in [0.05, 0.1) is 6.54 Å². The summed E-state index contributed by atoms with van der Waals surface area (Å²) >= 11 is 0. The molecule has 0 fully saturated rings. The van der Waals surface area contributed by atoms with E-state index in [1.807, 2.05) is 0 Å². The summed E-state index contributed by atoms with van der Waals surface area (Å²) in [6.07, 6.45) is 24.3. The number of aliphatic imine (C=N–C) groups is 1. The molecule has 0 aliphatic carbocycles. The lowest BCUT2D eigenvalue weighted by atomic mass is 10.1. The van der Waals surface area contributed by atoms with E-state index in [0.29, 0.717) is 6.54 Å². The zero-order valence-corrected chi connectivity index (χ0v) is 17.8. The first kappa shape index (κ1) is 25.5. The van der Waals surface area contributed by atoms with Crippen LogP contribution in [0.5, 0.6) is 0 Å². The highest BCUT2D eigenvalue weighted by molar-refractivity contribution is 5.32. The molecule has 0 aliphatic heterocycles. The number of nitrogens with zero attached hydrogens (tertiary/aromatic N) is 1. The molecule has 0 heterocycles. The van der Waals surface area contributed by atoms with Gasteiger partial charge in [0.25, 0.3) is 0 Å². The van der Waals surface area contributed by atoms with Gasteiger partial charge < -0.3 is 0 Å². The highest BCUT2D eigenvalue weighted by Crippen LogP contribution is 2.11. The van der Waals surface area contributed by atoms with Crippen molar-refractivity contribution < 1.29 is 4.79 Å². The average Bonchev–Trinajstić information content (AvgIpc) is 2.68. The molecule has 0 rings (SSSR count). The zero-order valence-electron chi connectivity index (χ0n) is 17.8. The van der Waals surface area contributed by atoms with Crippen molar-refractivity contribution in [3.05, 3.63) is 0 Å². The van der Waals surface area contributed by atoms with E-state index in [0.717, 1.165) is 25.7 Å². The molecule has 0 aromatic rings. The Kier molecular flexibility index (Phi) is 23.1. The maximum atomic E-state index is 9.91. The van der Waals surface area contributed by atoms with Crippen LogP contribution in [0.3, 0.4) is 0 Å². The number of hydrogen-bond acceptors (Lipinski definition) is 2. The summed E-state index contributed by atoms with van der Waals surface area (Å²) in [4.78, 5) is 13.5. The average molecular weight is 372 g/mol. The van der Waals surface area contributed by atoms with Crippen molar-refractivity contribution in [2.45, 2.75) is 122 Å². The molecule has 0 aliphatic rings. The van der Waals surface area contributed by atoms with Gasteiger partial charge in [-0.3, -0.25) is 0 Å². The molecule has 0 aromatic carbocycles. The van der Waals surface area contributed by atoms with E-state index >= 15 is 0 Å². The Morgan fingerprint density at radius 2 is 0.963 bits per heavy atom. The fraction of sp³-hybridized carbons (Fsp3) is 0.800. The first-order valence-corrected chi connectivity index (χ1v) is 11.4. The molecular weight excluding hydrogens is 330 g/mol. The molecule has 0 radical (unpaired) electrons. The van der Waals surface area contributed by atoms with Crippen molar-refractivity contribution in [2.75, 3.05) is 6.54 Å². The highest BCUT2D eigenvalue weighted by atomic mass is 16.1. The van der Waals surface area contributed by atoms with Crippen molar-refractivity contribution in [1.29, 1.82) is 0 Å². The van der Waals surface area contributed by atoms with E-state index in [9.17, 15) is 4.79 Å². The molecular formula is C25H41NO. The summed E-state index contributed by atoms with van der Waals surface area (Å²) in [6.45, 7) is 2.91. The van der Waals surface area contributed by atoms with Crippen molar-refractivity contribution in [3.63, 3.8) is 0 Å². The third-order valence-electron chi connectivity index (χ3n) is 4.78. The van der Waals surface area contributed by atoms with Crippen molar-refractivity contribution >= 4 is 6.08 Å².